The summed E-state index contributed by atoms with van der Waals surface area (Å²) in [7, 11) is 0. The molecule has 0 aliphatic rings. The van der Waals surface area contributed by atoms with Gasteiger partial charge in [-0.25, -0.2) is 5.90 Å². The molecule has 0 aromatic heterocycles. The fourth-order valence-corrected chi connectivity index (χ4v) is 0.792. The predicted octanol–water partition coefficient (Wildman–Crippen LogP) is 1.72. The second-order valence-electron chi connectivity index (χ2n) is 3.17. The Morgan fingerprint density at radius 1 is 1.25 bits per heavy atom. The summed E-state index contributed by atoms with van der Waals surface area (Å²) < 4.78 is 5.44. The number of nitrogens with two attached hydrogens (primary N) is 1. The van der Waals surface area contributed by atoms with Gasteiger partial charge in [0.15, 0.2) is 0 Å². The Hall–Kier alpha value is -0.120. The van der Waals surface area contributed by atoms with Crippen LogP contribution in [0.5, 0.6) is 0 Å². The van der Waals surface area contributed by atoms with Gasteiger partial charge in [0, 0.05) is 13.2 Å². The summed E-state index contributed by atoms with van der Waals surface area (Å²) in [6, 6.07) is 0. The van der Waals surface area contributed by atoms with Gasteiger partial charge in [-0.3, -0.25) is 0 Å². The van der Waals surface area contributed by atoms with E-state index in [9.17, 15) is 0 Å². The zero-order chi connectivity index (χ0) is 9.23. The Bertz CT molecular complexity index is 88.6. The van der Waals surface area contributed by atoms with Gasteiger partial charge in [0.25, 0.3) is 0 Å². The molecule has 0 fully saturated rings. The molecule has 0 saturated heterocycles. The third-order valence-electron chi connectivity index (χ3n) is 1.90. The highest BCUT2D eigenvalue weighted by atomic mass is 16.6. The Kier molecular flexibility index (Phi) is 8.88. The molecule has 12 heavy (non-hydrogen) atoms. The molecule has 0 aromatic carbocycles. The van der Waals surface area contributed by atoms with Gasteiger partial charge in [-0.05, 0) is 18.8 Å². The predicted molar refractivity (Wildman–Crippen MR) is 49.6 cm³/mol. The van der Waals surface area contributed by atoms with Gasteiger partial charge >= 0.3 is 0 Å². The summed E-state index contributed by atoms with van der Waals surface area (Å²) in [5, 5.41) is 0. The van der Waals surface area contributed by atoms with Crippen molar-refractivity contribution in [1.82, 2.24) is 0 Å². The third kappa shape index (κ3) is 7.98. The van der Waals surface area contributed by atoms with Crippen LogP contribution in [0.2, 0.25) is 0 Å². The van der Waals surface area contributed by atoms with Gasteiger partial charge in [0.2, 0.25) is 0 Å². The van der Waals surface area contributed by atoms with Crippen LogP contribution >= 0.6 is 0 Å². The van der Waals surface area contributed by atoms with Crippen molar-refractivity contribution >= 4 is 0 Å². The Morgan fingerprint density at radius 3 is 2.50 bits per heavy atom. The van der Waals surface area contributed by atoms with Gasteiger partial charge < -0.3 is 9.57 Å². The molecule has 0 bridgehead atoms. The first-order chi connectivity index (χ1) is 5.81. The standard InChI is InChI=1S/C9H21NO2/c1-3-9(2)8-11-6-4-5-7-12-10/h9H,3-8,10H2,1-2H3. The Labute approximate surface area is 75.2 Å². The number of ether oxygens (including phenoxy) is 1. The average Bonchev–Trinajstić information content (AvgIpc) is 2.10. The molecule has 0 rings (SSSR count). The highest BCUT2D eigenvalue weighted by molar-refractivity contribution is 4.46. The van der Waals surface area contributed by atoms with Crippen LogP contribution in [0.25, 0.3) is 0 Å². The van der Waals surface area contributed by atoms with Crippen LogP contribution in [0.3, 0.4) is 0 Å². The van der Waals surface area contributed by atoms with Crippen molar-refractivity contribution < 1.29 is 9.57 Å². The van der Waals surface area contributed by atoms with Crippen LogP contribution in [0.4, 0.5) is 0 Å². The lowest BCUT2D eigenvalue weighted by atomic mass is 10.1. The quantitative estimate of drug-likeness (QED) is 0.451. The van der Waals surface area contributed by atoms with Crippen molar-refractivity contribution in [1.29, 1.82) is 0 Å². The number of hydrogen-bond donors (Lipinski definition) is 1. The summed E-state index contributed by atoms with van der Waals surface area (Å²) in [5.41, 5.74) is 0. The zero-order valence-electron chi connectivity index (χ0n) is 8.21. The van der Waals surface area contributed by atoms with Gasteiger partial charge in [-0.15, -0.1) is 0 Å². The van der Waals surface area contributed by atoms with E-state index in [1.165, 1.54) is 6.42 Å². The maximum Gasteiger partial charge on any atom is 0.0680 e. The first-order valence-corrected chi connectivity index (χ1v) is 4.70. The summed E-state index contributed by atoms with van der Waals surface area (Å²) in [5.74, 6) is 5.55. The van der Waals surface area contributed by atoms with Crippen molar-refractivity contribution in [3.8, 4) is 0 Å². The first kappa shape index (κ1) is 11.9. The molecule has 0 spiro atoms. The van der Waals surface area contributed by atoms with Crippen molar-refractivity contribution in [3.63, 3.8) is 0 Å². The maximum atomic E-state index is 5.44. The van der Waals surface area contributed by atoms with E-state index in [0.717, 1.165) is 26.1 Å². The van der Waals surface area contributed by atoms with E-state index in [1.54, 1.807) is 0 Å². The minimum atomic E-state index is 0.632. The van der Waals surface area contributed by atoms with Crippen molar-refractivity contribution in [2.45, 2.75) is 33.1 Å². The highest BCUT2D eigenvalue weighted by Gasteiger charge is 1.97. The zero-order valence-corrected chi connectivity index (χ0v) is 8.21. The SMILES string of the molecule is CCC(C)COCCCCON. The second-order valence-corrected chi connectivity index (χ2v) is 3.17. The molecule has 2 N–H and O–H groups in total. The van der Waals surface area contributed by atoms with Gasteiger partial charge in [0.05, 0.1) is 6.61 Å². The minimum Gasteiger partial charge on any atom is -0.381 e. The monoisotopic (exact) mass is 175 g/mol. The lowest BCUT2D eigenvalue weighted by molar-refractivity contribution is 0.0863. The molecule has 0 saturated carbocycles. The summed E-state index contributed by atoms with van der Waals surface area (Å²) in [6.07, 6.45) is 3.20. The van der Waals surface area contributed by atoms with Crippen molar-refractivity contribution in [2.75, 3.05) is 19.8 Å². The molecule has 1 atom stereocenters. The minimum absolute atomic E-state index is 0.632. The highest BCUT2D eigenvalue weighted by Crippen LogP contribution is 2.01. The third-order valence-corrected chi connectivity index (χ3v) is 1.90. The van der Waals surface area contributed by atoms with Crippen LogP contribution < -0.4 is 5.90 Å². The average molecular weight is 175 g/mol. The summed E-state index contributed by atoms with van der Waals surface area (Å²) in [6.45, 7) is 6.71. The Balaban J connectivity index is 2.90. The maximum absolute atomic E-state index is 5.44. The molecule has 3 heteroatoms. The lowest BCUT2D eigenvalue weighted by Crippen LogP contribution is -2.07. The molecule has 3 nitrogen and oxygen atoms in total. The lowest BCUT2D eigenvalue weighted by Gasteiger charge is -2.08. The van der Waals surface area contributed by atoms with E-state index in [4.69, 9.17) is 10.6 Å². The number of rotatable bonds is 8. The van der Waals surface area contributed by atoms with E-state index >= 15 is 0 Å². The van der Waals surface area contributed by atoms with Crippen molar-refractivity contribution in [3.05, 3.63) is 0 Å². The van der Waals surface area contributed by atoms with Crippen LogP contribution in [0.15, 0.2) is 0 Å². The summed E-state index contributed by atoms with van der Waals surface area (Å²) >= 11 is 0. The number of hydrogen-bond acceptors (Lipinski definition) is 3. The van der Waals surface area contributed by atoms with E-state index in [0.29, 0.717) is 12.5 Å². The van der Waals surface area contributed by atoms with Gasteiger partial charge in [0.1, 0.15) is 0 Å². The fourth-order valence-electron chi connectivity index (χ4n) is 0.792. The van der Waals surface area contributed by atoms with Crippen LogP contribution in [-0.2, 0) is 9.57 Å². The molecule has 0 radical (unpaired) electrons. The van der Waals surface area contributed by atoms with Crippen LogP contribution in [0, 0.1) is 5.92 Å². The van der Waals surface area contributed by atoms with Crippen molar-refractivity contribution in [2.24, 2.45) is 11.8 Å². The fraction of sp³-hybridized carbons (Fsp3) is 1.00. The normalized spacial score (nSPS) is 13.2. The molecule has 0 aliphatic heterocycles. The van der Waals surface area contributed by atoms with Gasteiger partial charge in [-0.1, -0.05) is 20.3 Å². The molecule has 0 amide bonds. The number of unbranched alkanes of at least 4 members (excludes halogenated alkanes) is 1. The molecule has 0 aliphatic carbocycles. The van der Waals surface area contributed by atoms with E-state index < -0.39 is 0 Å². The molecule has 0 heterocycles. The van der Waals surface area contributed by atoms with Crippen LogP contribution in [0.1, 0.15) is 33.1 Å². The molecule has 74 valence electrons. The molecular formula is C9H21NO2. The largest absolute Gasteiger partial charge is 0.381 e. The molecule has 0 aromatic rings. The summed E-state index contributed by atoms with van der Waals surface area (Å²) in [4.78, 5) is 4.44. The van der Waals surface area contributed by atoms with E-state index in [2.05, 4.69) is 18.7 Å². The van der Waals surface area contributed by atoms with Gasteiger partial charge in [-0.2, -0.15) is 0 Å². The second kappa shape index (κ2) is 8.97. The topological polar surface area (TPSA) is 44.5 Å². The van der Waals surface area contributed by atoms with E-state index in [1.807, 2.05) is 0 Å². The molecular weight excluding hydrogens is 154 g/mol. The molecule has 1 unspecified atom stereocenters. The Morgan fingerprint density at radius 2 is 1.92 bits per heavy atom. The first-order valence-electron chi connectivity index (χ1n) is 4.70. The van der Waals surface area contributed by atoms with E-state index in [-0.39, 0.29) is 0 Å². The van der Waals surface area contributed by atoms with Crippen LogP contribution in [-0.4, -0.2) is 19.8 Å². The smallest absolute Gasteiger partial charge is 0.0680 e.